The van der Waals surface area contributed by atoms with Gasteiger partial charge < -0.3 is 14.8 Å². The van der Waals surface area contributed by atoms with E-state index in [1.165, 1.54) is 11.0 Å². The number of carbonyl (C=O) groups excluding carboxylic acids is 1. The number of halogens is 2. The van der Waals surface area contributed by atoms with Crippen molar-refractivity contribution in [2.45, 2.75) is 57.4 Å². The average Bonchev–Trinajstić information content (AvgIpc) is 3.54. The Bertz CT molecular complexity index is 1090. The fourth-order valence-electron chi connectivity index (χ4n) is 5.28. The van der Waals surface area contributed by atoms with Gasteiger partial charge in [0.1, 0.15) is 5.69 Å². The van der Waals surface area contributed by atoms with Crippen molar-refractivity contribution in [3.05, 3.63) is 58.0 Å². The summed E-state index contributed by atoms with van der Waals surface area (Å²) in [6, 6.07) is 8.78. The van der Waals surface area contributed by atoms with E-state index in [9.17, 15) is 18.4 Å². The van der Waals surface area contributed by atoms with E-state index in [0.29, 0.717) is 5.56 Å². The number of alkyl halides is 2. The van der Waals surface area contributed by atoms with Crippen molar-refractivity contribution in [3.63, 3.8) is 0 Å². The Morgan fingerprint density at radius 2 is 1.91 bits per heavy atom. The highest BCUT2D eigenvalue weighted by Gasteiger charge is 2.42. The first kappa shape index (κ1) is 21.2. The molecule has 1 aromatic carbocycles. The molecule has 1 saturated heterocycles. The molecule has 32 heavy (non-hydrogen) atoms. The number of amides is 1. The first-order valence-electron chi connectivity index (χ1n) is 11.6. The molecule has 2 atom stereocenters. The minimum absolute atomic E-state index is 0.183. The highest BCUT2D eigenvalue weighted by molar-refractivity contribution is 6.08. The van der Waals surface area contributed by atoms with E-state index in [-0.39, 0.29) is 48.9 Å². The van der Waals surface area contributed by atoms with Crippen LogP contribution in [0, 0.1) is 18.8 Å². The molecule has 170 valence electrons. The van der Waals surface area contributed by atoms with E-state index < -0.39 is 5.92 Å². The van der Waals surface area contributed by atoms with Gasteiger partial charge in [-0.25, -0.2) is 8.78 Å². The Morgan fingerprint density at radius 3 is 2.66 bits per heavy atom. The van der Waals surface area contributed by atoms with Crippen LogP contribution in [0.3, 0.4) is 0 Å². The van der Waals surface area contributed by atoms with Crippen LogP contribution in [0.1, 0.15) is 60.5 Å². The number of pyridine rings is 1. The Morgan fingerprint density at radius 1 is 1.12 bits per heavy atom. The van der Waals surface area contributed by atoms with Crippen molar-refractivity contribution < 1.29 is 13.6 Å². The van der Waals surface area contributed by atoms with Crippen molar-refractivity contribution in [2.24, 2.45) is 11.8 Å². The number of anilines is 2. The Labute approximate surface area is 186 Å². The minimum Gasteiger partial charge on any atom is -0.371 e. The maximum atomic E-state index is 13.5. The van der Waals surface area contributed by atoms with E-state index >= 15 is 0 Å². The monoisotopic (exact) mass is 441 g/mol. The predicted octanol–water partition coefficient (Wildman–Crippen LogP) is 5.01. The molecule has 0 spiro atoms. The van der Waals surface area contributed by atoms with Crippen molar-refractivity contribution >= 4 is 17.3 Å². The third kappa shape index (κ3) is 4.17. The molecule has 1 aromatic heterocycles. The van der Waals surface area contributed by atoms with Crippen LogP contribution in [0.2, 0.25) is 0 Å². The smallest absolute Gasteiger partial charge is 0.274 e. The summed E-state index contributed by atoms with van der Waals surface area (Å²) in [5, 5.41) is 2.80. The van der Waals surface area contributed by atoms with Crippen LogP contribution in [0.5, 0.6) is 0 Å². The molecule has 1 N–H and O–H groups in total. The van der Waals surface area contributed by atoms with Crippen LogP contribution in [0.4, 0.5) is 20.2 Å². The summed E-state index contributed by atoms with van der Waals surface area (Å²) in [6.07, 6.45) is 4.14. The number of aryl methyl sites for hydroxylation is 1. The average molecular weight is 442 g/mol. The van der Waals surface area contributed by atoms with Gasteiger partial charge in [-0.3, -0.25) is 9.59 Å². The summed E-state index contributed by atoms with van der Waals surface area (Å²) < 4.78 is 28.6. The SMILES string of the molecule is Cc1ccc(C(=O)Nc2cccn(C3CCC(F)(F)CC3)c2=O)c(N2CCC3CC3C2)c1. The van der Waals surface area contributed by atoms with Crippen LogP contribution in [-0.4, -0.2) is 29.5 Å². The lowest BCUT2D eigenvalue weighted by Gasteiger charge is -2.30. The zero-order valence-corrected chi connectivity index (χ0v) is 18.3. The number of nitrogens with one attached hydrogen (secondary N) is 1. The van der Waals surface area contributed by atoms with Gasteiger partial charge in [-0.2, -0.15) is 0 Å². The molecule has 2 heterocycles. The second-order valence-electron chi connectivity index (χ2n) is 9.69. The number of aromatic nitrogens is 1. The molecule has 2 aromatic rings. The number of hydrogen-bond donors (Lipinski definition) is 1. The lowest BCUT2D eigenvalue weighted by molar-refractivity contribution is -0.0442. The van der Waals surface area contributed by atoms with Gasteiger partial charge in [0.15, 0.2) is 0 Å². The van der Waals surface area contributed by atoms with Gasteiger partial charge in [0.25, 0.3) is 11.5 Å². The Hall–Kier alpha value is -2.70. The van der Waals surface area contributed by atoms with Crippen molar-refractivity contribution in [3.8, 4) is 0 Å². The van der Waals surface area contributed by atoms with Gasteiger partial charge in [0, 0.05) is 43.9 Å². The van der Waals surface area contributed by atoms with Crippen LogP contribution >= 0.6 is 0 Å². The number of rotatable bonds is 4. The molecule has 2 aliphatic carbocycles. The Balaban J connectivity index is 1.37. The van der Waals surface area contributed by atoms with E-state index in [0.717, 1.165) is 42.6 Å². The normalized spacial score (nSPS) is 24.7. The van der Waals surface area contributed by atoms with Gasteiger partial charge in [-0.05, 0) is 74.3 Å². The molecule has 2 saturated carbocycles. The highest BCUT2D eigenvalue weighted by Crippen LogP contribution is 2.46. The molecular weight excluding hydrogens is 412 g/mol. The van der Waals surface area contributed by atoms with Crippen LogP contribution < -0.4 is 15.8 Å². The summed E-state index contributed by atoms with van der Waals surface area (Å²) in [5.41, 5.74) is 2.40. The molecule has 0 radical (unpaired) electrons. The van der Waals surface area contributed by atoms with Crippen LogP contribution in [0.25, 0.3) is 0 Å². The number of carbonyl (C=O) groups is 1. The van der Waals surface area contributed by atoms with E-state index in [1.54, 1.807) is 18.3 Å². The van der Waals surface area contributed by atoms with Crippen molar-refractivity contribution in [1.82, 2.24) is 4.57 Å². The molecular formula is C25H29F2N3O2. The van der Waals surface area contributed by atoms with Gasteiger partial charge in [-0.1, -0.05) is 6.07 Å². The van der Waals surface area contributed by atoms with E-state index in [1.807, 2.05) is 25.1 Å². The van der Waals surface area contributed by atoms with Gasteiger partial charge in [0.2, 0.25) is 5.92 Å². The van der Waals surface area contributed by atoms with Crippen LogP contribution in [-0.2, 0) is 0 Å². The molecule has 5 rings (SSSR count). The fourth-order valence-corrected chi connectivity index (χ4v) is 5.28. The standard InChI is InChI=1S/C25H29F2N3O2/c1-16-4-5-20(22(13-16)29-12-8-17-14-18(17)15-29)23(31)28-21-3-2-11-30(24(21)32)19-6-9-25(26,27)10-7-19/h2-5,11,13,17-19H,6-10,12,14-15H2,1H3,(H,28,31). The molecule has 1 aliphatic heterocycles. The van der Waals surface area contributed by atoms with Gasteiger partial charge in [-0.15, -0.1) is 0 Å². The zero-order valence-electron chi connectivity index (χ0n) is 18.3. The maximum absolute atomic E-state index is 13.5. The summed E-state index contributed by atoms with van der Waals surface area (Å²) in [4.78, 5) is 28.5. The first-order chi connectivity index (χ1) is 15.3. The number of nitrogens with zero attached hydrogens (tertiary/aromatic N) is 2. The fraction of sp³-hybridized carbons (Fsp3) is 0.520. The topological polar surface area (TPSA) is 54.3 Å². The molecule has 7 heteroatoms. The predicted molar refractivity (Wildman–Crippen MR) is 121 cm³/mol. The first-order valence-corrected chi connectivity index (χ1v) is 11.6. The second-order valence-corrected chi connectivity index (χ2v) is 9.69. The minimum atomic E-state index is -2.65. The third-order valence-corrected chi connectivity index (χ3v) is 7.33. The number of hydrogen-bond acceptors (Lipinski definition) is 3. The van der Waals surface area contributed by atoms with E-state index in [4.69, 9.17) is 0 Å². The van der Waals surface area contributed by atoms with Crippen LogP contribution in [0.15, 0.2) is 41.3 Å². The largest absolute Gasteiger partial charge is 0.371 e. The van der Waals surface area contributed by atoms with E-state index in [2.05, 4.69) is 10.2 Å². The maximum Gasteiger partial charge on any atom is 0.274 e. The number of benzene rings is 1. The lowest BCUT2D eigenvalue weighted by atomic mass is 9.92. The summed E-state index contributed by atoms with van der Waals surface area (Å²) in [5.74, 6) is -1.40. The Kier molecular flexibility index (Phi) is 5.30. The van der Waals surface area contributed by atoms with Gasteiger partial charge >= 0.3 is 0 Å². The third-order valence-electron chi connectivity index (χ3n) is 7.33. The summed E-state index contributed by atoms with van der Waals surface area (Å²) in [6.45, 7) is 3.92. The highest BCUT2D eigenvalue weighted by atomic mass is 19.3. The molecule has 3 fully saturated rings. The summed E-state index contributed by atoms with van der Waals surface area (Å²) in [7, 11) is 0. The van der Waals surface area contributed by atoms with Gasteiger partial charge in [0.05, 0.1) is 5.56 Å². The zero-order chi connectivity index (χ0) is 22.5. The molecule has 3 aliphatic rings. The summed E-state index contributed by atoms with van der Waals surface area (Å²) >= 11 is 0. The van der Waals surface area contributed by atoms with Crippen molar-refractivity contribution in [1.29, 1.82) is 0 Å². The lowest BCUT2D eigenvalue weighted by Crippen LogP contribution is -2.34. The molecule has 0 bridgehead atoms. The molecule has 2 unspecified atom stereocenters. The quantitative estimate of drug-likeness (QED) is 0.726. The number of piperidine rings is 1. The number of fused-ring (bicyclic) bond motifs is 1. The van der Waals surface area contributed by atoms with Crippen molar-refractivity contribution in [2.75, 3.05) is 23.3 Å². The molecule has 1 amide bonds. The second kappa shape index (κ2) is 8.01. The molecule has 5 nitrogen and oxygen atoms in total.